The van der Waals surface area contributed by atoms with Gasteiger partial charge in [0.05, 0.1) is 22.2 Å². The van der Waals surface area contributed by atoms with E-state index in [0.29, 0.717) is 40.7 Å². The third kappa shape index (κ3) is 5.49. The second-order valence-electron chi connectivity index (χ2n) is 7.89. The number of rotatable bonds is 6. The summed E-state index contributed by atoms with van der Waals surface area (Å²) >= 11 is 6.39. The van der Waals surface area contributed by atoms with Gasteiger partial charge in [0.25, 0.3) is 15.9 Å². The molecule has 0 saturated carbocycles. The van der Waals surface area contributed by atoms with Crippen molar-refractivity contribution in [1.82, 2.24) is 5.32 Å². The monoisotopic (exact) mass is 498 g/mol. The first kappa shape index (κ1) is 23.6. The van der Waals surface area contributed by atoms with E-state index in [2.05, 4.69) is 15.4 Å². The van der Waals surface area contributed by atoms with E-state index in [0.717, 1.165) is 5.56 Å². The number of piperazine rings is 1. The van der Waals surface area contributed by atoms with Crippen molar-refractivity contribution in [2.24, 2.45) is 0 Å². The lowest BCUT2D eigenvalue weighted by molar-refractivity contribution is -0.120. The number of nitrogens with zero attached hydrogens (tertiary/aromatic N) is 1. The van der Waals surface area contributed by atoms with Gasteiger partial charge < -0.3 is 15.5 Å². The number of carbonyl (C=O) groups is 2. The summed E-state index contributed by atoms with van der Waals surface area (Å²) in [4.78, 5) is 26.2. The second kappa shape index (κ2) is 9.74. The Balaban J connectivity index is 1.43. The van der Waals surface area contributed by atoms with Crippen LogP contribution in [0.1, 0.15) is 15.9 Å². The van der Waals surface area contributed by atoms with Crippen molar-refractivity contribution in [2.75, 3.05) is 34.6 Å². The van der Waals surface area contributed by atoms with E-state index in [1.54, 1.807) is 30.3 Å². The number of aryl methyl sites for hydroxylation is 1. The molecule has 1 saturated heterocycles. The van der Waals surface area contributed by atoms with Gasteiger partial charge in [-0.25, -0.2) is 8.42 Å². The van der Waals surface area contributed by atoms with Crippen molar-refractivity contribution in [3.8, 4) is 0 Å². The second-order valence-corrected chi connectivity index (χ2v) is 9.98. The summed E-state index contributed by atoms with van der Waals surface area (Å²) in [6.45, 7) is 3.32. The number of sulfonamides is 1. The smallest absolute Gasteiger partial charge is 0.261 e. The van der Waals surface area contributed by atoms with Crippen molar-refractivity contribution < 1.29 is 18.0 Å². The first-order valence-electron chi connectivity index (χ1n) is 10.5. The maximum Gasteiger partial charge on any atom is 0.261 e. The molecule has 1 aliphatic heterocycles. The third-order valence-corrected chi connectivity index (χ3v) is 7.02. The van der Waals surface area contributed by atoms with Crippen molar-refractivity contribution in [3.05, 3.63) is 82.9 Å². The van der Waals surface area contributed by atoms with Gasteiger partial charge in [-0.05, 0) is 61.5 Å². The average molecular weight is 499 g/mol. The van der Waals surface area contributed by atoms with Crippen LogP contribution in [0.5, 0.6) is 0 Å². The molecule has 0 bridgehead atoms. The van der Waals surface area contributed by atoms with Crippen molar-refractivity contribution in [2.45, 2.75) is 11.8 Å². The topological polar surface area (TPSA) is 108 Å². The number of amides is 2. The number of halogens is 1. The van der Waals surface area contributed by atoms with Crippen molar-refractivity contribution in [1.29, 1.82) is 0 Å². The molecule has 3 aromatic carbocycles. The number of anilines is 3. The van der Waals surface area contributed by atoms with Gasteiger partial charge in [-0.2, -0.15) is 0 Å². The van der Waals surface area contributed by atoms with Gasteiger partial charge in [-0.3, -0.25) is 14.3 Å². The highest BCUT2D eigenvalue weighted by Gasteiger charge is 2.19. The quantitative estimate of drug-likeness (QED) is 0.481. The number of nitrogens with one attached hydrogen (secondary N) is 3. The largest absolute Gasteiger partial charge is 0.359 e. The summed E-state index contributed by atoms with van der Waals surface area (Å²) < 4.78 is 27.8. The zero-order valence-electron chi connectivity index (χ0n) is 18.3. The molecule has 34 heavy (non-hydrogen) atoms. The Hall–Kier alpha value is -3.56. The van der Waals surface area contributed by atoms with Crippen LogP contribution in [0, 0.1) is 6.92 Å². The number of hydrogen-bond donors (Lipinski definition) is 3. The predicted octanol–water partition coefficient (Wildman–Crippen LogP) is 3.64. The predicted molar refractivity (Wildman–Crippen MR) is 133 cm³/mol. The molecule has 0 radical (unpaired) electrons. The average Bonchev–Trinajstić information content (AvgIpc) is 2.80. The minimum absolute atomic E-state index is 0.0441. The molecule has 0 unspecified atom stereocenters. The summed E-state index contributed by atoms with van der Waals surface area (Å²) in [5.41, 5.74) is 2.97. The SMILES string of the molecule is Cc1ccc(NS(=O)(=O)c2ccc(C(=O)Nc3ccc(N4CCNC(=O)C4)c(Cl)c3)cc2)cc1. The summed E-state index contributed by atoms with van der Waals surface area (Å²) in [6, 6.07) is 17.7. The van der Waals surface area contributed by atoms with E-state index < -0.39 is 15.9 Å². The van der Waals surface area contributed by atoms with Gasteiger partial charge in [0.15, 0.2) is 0 Å². The molecule has 2 amide bonds. The lowest BCUT2D eigenvalue weighted by Crippen LogP contribution is -2.47. The fourth-order valence-corrected chi connectivity index (χ4v) is 4.87. The molecule has 10 heteroatoms. The maximum absolute atomic E-state index is 12.7. The molecule has 0 atom stereocenters. The summed E-state index contributed by atoms with van der Waals surface area (Å²) in [5, 5.41) is 5.93. The first-order valence-corrected chi connectivity index (χ1v) is 12.4. The molecular weight excluding hydrogens is 476 g/mol. The van der Waals surface area contributed by atoms with Crippen LogP contribution in [0.25, 0.3) is 0 Å². The van der Waals surface area contributed by atoms with Crippen LogP contribution in [0.15, 0.2) is 71.6 Å². The zero-order valence-corrected chi connectivity index (χ0v) is 19.9. The standard InChI is InChI=1S/C24H23ClN4O4S/c1-16-2-6-18(7-3-16)28-34(32,33)20-9-4-17(5-10-20)24(31)27-19-8-11-22(21(25)14-19)29-13-12-26-23(30)15-29/h2-11,14,28H,12-13,15H2,1H3,(H,26,30)(H,27,31). The first-order chi connectivity index (χ1) is 16.2. The highest BCUT2D eigenvalue weighted by atomic mass is 35.5. The Labute approximate surface area is 203 Å². The molecule has 1 fully saturated rings. The fourth-order valence-electron chi connectivity index (χ4n) is 3.51. The number of carbonyl (C=O) groups excluding carboxylic acids is 2. The Bertz CT molecular complexity index is 1330. The van der Waals surface area contributed by atoms with E-state index in [9.17, 15) is 18.0 Å². The molecule has 8 nitrogen and oxygen atoms in total. The summed E-state index contributed by atoms with van der Waals surface area (Å²) in [7, 11) is -3.78. The number of hydrogen-bond acceptors (Lipinski definition) is 5. The van der Waals surface area contributed by atoms with Crippen LogP contribution in [0.4, 0.5) is 17.1 Å². The van der Waals surface area contributed by atoms with Crippen molar-refractivity contribution in [3.63, 3.8) is 0 Å². The van der Waals surface area contributed by atoms with Crippen LogP contribution in [0.3, 0.4) is 0 Å². The van der Waals surface area contributed by atoms with Crippen molar-refractivity contribution >= 4 is 50.5 Å². The maximum atomic E-state index is 12.7. The fraction of sp³-hybridized carbons (Fsp3) is 0.167. The Morgan fingerprint density at radius 1 is 1.00 bits per heavy atom. The summed E-state index contributed by atoms with van der Waals surface area (Å²) in [6.07, 6.45) is 0. The van der Waals surface area contributed by atoms with Gasteiger partial charge in [0.1, 0.15) is 0 Å². The van der Waals surface area contributed by atoms with Crippen LogP contribution in [-0.2, 0) is 14.8 Å². The Morgan fingerprint density at radius 2 is 1.68 bits per heavy atom. The lowest BCUT2D eigenvalue weighted by atomic mass is 10.2. The minimum atomic E-state index is -3.78. The molecule has 0 spiro atoms. The van der Waals surface area contributed by atoms with Crippen LogP contribution >= 0.6 is 11.6 Å². The van der Waals surface area contributed by atoms with E-state index >= 15 is 0 Å². The van der Waals surface area contributed by atoms with Gasteiger partial charge >= 0.3 is 0 Å². The molecule has 3 N–H and O–H groups in total. The Morgan fingerprint density at radius 3 is 2.32 bits per heavy atom. The van der Waals surface area contributed by atoms with E-state index in [1.807, 2.05) is 24.0 Å². The van der Waals surface area contributed by atoms with E-state index in [-0.39, 0.29) is 17.3 Å². The van der Waals surface area contributed by atoms with Gasteiger partial charge in [-0.1, -0.05) is 29.3 Å². The highest BCUT2D eigenvalue weighted by Crippen LogP contribution is 2.29. The van der Waals surface area contributed by atoms with Gasteiger partial charge in [0.2, 0.25) is 5.91 Å². The van der Waals surface area contributed by atoms with Crippen LogP contribution < -0.4 is 20.3 Å². The van der Waals surface area contributed by atoms with Gasteiger partial charge in [-0.15, -0.1) is 0 Å². The highest BCUT2D eigenvalue weighted by molar-refractivity contribution is 7.92. The normalized spacial score (nSPS) is 13.8. The minimum Gasteiger partial charge on any atom is -0.359 e. The molecule has 176 valence electrons. The molecular formula is C24H23ClN4O4S. The Kier molecular flexibility index (Phi) is 6.76. The zero-order chi connectivity index (χ0) is 24.3. The van der Waals surface area contributed by atoms with E-state index in [4.69, 9.17) is 11.6 Å². The third-order valence-electron chi connectivity index (χ3n) is 5.32. The van der Waals surface area contributed by atoms with Crippen LogP contribution in [0.2, 0.25) is 5.02 Å². The summed E-state index contributed by atoms with van der Waals surface area (Å²) in [5.74, 6) is -0.476. The number of benzene rings is 3. The molecule has 4 rings (SSSR count). The molecule has 1 heterocycles. The lowest BCUT2D eigenvalue weighted by Gasteiger charge is -2.29. The molecule has 0 aliphatic carbocycles. The molecule has 1 aliphatic rings. The van der Waals surface area contributed by atoms with Crippen LogP contribution in [-0.4, -0.2) is 39.9 Å². The van der Waals surface area contributed by atoms with E-state index in [1.165, 1.54) is 24.3 Å². The molecule has 3 aromatic rings. The molecule has 0 aromatic heterocycles. The van der Waals surface area contributed by atoms with Gasteiger partial charge in [0, 0.05) is 30.0 Å².